The zero-order valence-electron chi connectivity index (χ0n) is 9.82. The molecule has 0 aliphatic heterocycles. The van der Waals surface area contributed by atoms with Crippen LogP contribution in [0.3, 0.4) is 0 Å². The van der Waals surface area contributed by atoms with Crippen molar-refractivity contribution in [3.05, 3.63) is 17.3 Å². The van der Waals surface area contributed by atoms with Crippen LogP contribution in [0.1, 0.15) is 43.7 Å². The van der Waals surface area contributed by atoms with Gasteiger partial charge in [0.15, 0.2) is 11.7 Å². The van der Waals surface area contributed by atoms with Crippen molar-refractivity contribution < 1.29 is 9.52 Å². The van der Waals surface area contributed by atoms with Gasteiger partial charge in [0.25, 0.3) is 0 Å². The summed E-state index contributed by atoms with van der Waals surface area (Å²) in [4.78, 5) is 4.11. The fraction of sp³-hybridized carbons (Fsp3) is 0.727. The highest BCUT2D eigenvalue weighted by Crippen LogP contribution is 2.23. The number of hydrogen-bond donors (Lipinski definition) is 2. The summed E-state index contributed by atoms with van der Waals surface area (Å²) in [5.74, 6) is 1.53. The number of oxazole rings is 1. The van der Waals surface area contributed by atoms with Gasteiger partial charge in [0.2, 0.25) is 0 Å². The second-order valence-electron chi connectivity index (χ2n) is 4.42. The summed E-state index contributed by atoms with van der Waals surface area (Å²) < 4.78 is 5.34. The predicted molar refractivity (Wildman–Crippen MR) is 58.4 cm³/mol. The van der Waals surface area contributed by atoms with Crippen molar-refractivity contribution in [2.24, 2.45) is 11.7 Å². The highest BCUT2D eigenvalue weighted by molar-refractivity contribution is 5.12. The Bertz CT molecular complexity index is 320. The van der Waals surface area contributed by atoms with Crippen LogP contribution >= 0.6 is 0 Å². The Balaban J connectivity index is 2.75. The van der Waals surface area contributed by atoms with Crippen LogP contribution in [0.5, 0.6) is 0 Å². The van der Waals surface area contributed by atoms with Crippen LogP contribution in [0, 0.1) is 19.8 Å². The fourth-order valence-corrected chi connectivity index (χ4v) is 1.69. The van der Waals surface area contributed by atoms with Gasteiger partial charge in [-0.2, -0.15) is 0 Å². The minimum Gasteiger partial charge on any atom is -0.443 e. The molecule has 0 radical (unpaired) electrons. The summed E-state index contributed by atoms with van der Waals surface area (Å²) in [6.45, 7) is 7.73. The predicted octanol–water partition coefficient (Wildman–Crippen LogP) is 1.70. The molecule has 1 aromatic heterocycles. The van der Waals surface area contributed by atoms with E-state index in [-0.39, 0.29) is 6.04 Å². The SMILES string of the molecule is Cc1nc(C)c(C(O)C(N)CC(C)C)o1. The van der Waals surface area contributed by atoms with E-state index in [4.69, 9.17) is 10.2 Å². The standard InChI is InChI=1S/C11H20N2O2/c1-6(2)5-9(12)10(14)11-7(3)13-8(4)15-11/h6,9-10,14H,5,12H2,1-4H3. The van der Waals surface area contributed by atoms with E-state index >= 15 is 0 Å². The molecule has 1 heterocycles. The average molecular weight is 212 g/mol. The molecule has 0 saturated carbocycles. The van der Waals surface area contributed by atoms with Crippen molar-refractivity contribution in [2.75, 3.05) is 0 Å². The lowest BCUT2D eigenvalue weighted by Gasteiger charge is -2.18. The van der Waals surface area contributed by atoms with Gasteiger partial charge >= 0.3 is 0 Å². The fourth-order valence-electron chi connectivity index (χ4n) is 1.69. The second-order valence-corrected chi connectivity index (χ2v) is 4.42. The molecule has 0 bridgehead atoms. The molecule has 15 heavy (non-hydrogen) atoms. The maximum Gasteiger partial charge on any atom is 0.191 e. The Morgan fingerprint density at radius 2 is 2.00 bits per heavy atom. The van der Waals surface area contributed by atoms with E-state index in [2.05, 4.69) is 18.8 Å². The lowest BCUT2D eigenvalue weighted by molar-refractivity contribution is 0.110. The van der Waals surface area contributed by atoms with Gasteiger partial charge in [-0.3, -0.25) is 0 Å². The zero-order valence-corrected chi connectivity index (χ0v) is 9.82. The van der Waals surface area contributed by atoms with Gasteiger partial charge in [0.1, 0.15) is 6.10 Å². The summed E-state index contributed by atoms with van der Waals surface area (Å²) in [6.07, 6.45) is 0.00831. The van der Waals surface area contributed by atoms with E-state index in [0.717, 1.165) is 12.1 Å². The molecule has 86 valence electrons. The average Bonchev–Trinajstić information content (AvgIpc) is 2.42. The minimum atomic E-state index is -0.756. The first-order valence-electron chi connectivity index (χ1n) is 5.29. The van der Waals surface area contributed by atoms with Gasteiger partial charge in [-0.1, -0.05) is 13.8 Å². The van der Waals surface area contributed by atoms with Crippen molar-refractivity contribution in [3.8, 4) is 0 Å². The van der Waals surface area contributed by atoms with Gasteiger partial charge in [0, 0.05) is 13.0 Å². The molecular weight excluding hydrogens is 192 g/mol. The summed E-state index contributed by atoms with van der Waals surface area (Å²) in [6, 6.07) is -0.295. The number of aryl methyl sites for hydroxylation is 2. The van der Waals surface area contributed by atoms with Crippen molar-refractivity contribution in [1.29, 1.82) is 0 Å². The summed E-state index contributed by atoms with van der Waals surface area (Å²) in [5.41, 5.74) is 6.61. The largest absolute Gasteiger partial charge is 0.443 e. The monoisotopic (exact) mass is 212 g/mol. The number of nitrogens with two attached hydrogens (primary N) is 1. The molecule has 0 aliphatic carbocycles. The van der Waals surface area contributed by atoms with E-state index in [1.165, 1.54) is 0 Å². The molecule has 0 spiro atoms. The van der Waals surface area contributed by atoms with Crippen LogP contribution in [0.4, 0.5) is 0 Å². The van der Waals surface area contributed by atoms with E-state index in [1.807, 2.05) is 6.92 Å². The van der Waals surface area contributed by atoms with Crippen molar-refractivity contribution >= 4 is 0 Å². The lowest BCUT2D eigenvalue weighted by atomic mass is 9.98. The van der Waals surface area contributed by atoms with E-state index in [9.17, 15) is 5.11 Å². The molecule has 0 aromatic carbocycles. The smallest absolute Gasteiger partial charge is 0.191 e. The molecule has 1 aromatic rings. The van der Waals surface area contributed by atoms with Crippen molar-refractivity contribution in [2.45, 2.75) is 46.3 Å². The third-order valence-corrected chi connectivity index (χ3v) is 2.36. The number of aromatic nitrogens is 1. The Kier molecular flexibility index (Phi) is 3.88. The van der Waals surface area contributed by atoms with Gasteiger partial charge in [-0.05, 0) is 19.3 Å². The number of hydrogen-bond acceptors (Lipinski definition) is 4. The molecule has 1 rings (SSSR count). The minimum absolute atomic E-state index is 0.295. The first kappa shape index (κ1) is 12.2. The first-order valence-corrected chi connectivity index (χ1v) is 5.29. The second kappa shape index (κ2) is 4.77. The van der Waals surface area contributed by atoms with Gasteiger partial charge in [-0.15, -0.1) is 0 Å². The van der Waals surface area contributed by atoms with Crippen LogP contribution in [0.2, 0.25) is 0 Å². The number of rotatable bonds is 4. The Hall–Kier alpha value is -0.870. The van der Waals surface area contributed by atoms with E-state index < -0.39 is 6.10 Å². The van der Waals surface area contributed by atoms with Crippen molar-refractivity contribution in [3.63, 3.8) is 0 Å². The molecule has 0 fully saturated rings. The summed E-state index contributed by atoms with van der Waals surface area (Å²) >= 11 is 0. The van der Waals surface area contributed by atoms with Crippen LogP contribution < -0.4 is 5.73 Å². The zero-order chi connectivity index (χ0) is 11.6. The van der Waals surface area contributed by atoms with E-state index in [0.29, 0.717) is 17.6 Å². The third kappa shape index (κ3) is 3.04. The maximum absolute atomic E-state index is 9.97. The normalized spacial score (nSPS) is 15.7. The lowest BCUT2D eigenvalue weighted by Crippen LogP contribution is -2.30. The third-order valence-electron chi connectivity index (χ3n) is 2.36. The van der Waals surface area contributed by atoms with Crippen LogP contribution in [0.25, 0.3) is 0 Å². The van der Waals surface area contributed by atoms with Gasteiger partial charge in [0.05, 0.1) is 5.69 Å². The summed E-state index contributed by atoms with van der Waals surface area (Å²) in [5, 5.41) is 9.97. The molecule has 0 amide bonds. The molecular formula is C11H20N2O2. The molecule has 0 aliphatic rings. The summed E-state index contributed by atoms with van der Waals surface area (Å²) in [7, 11) is 0. The highest BCUT2D eigenvalue weighted by atomic mass is 16.4. The molecule has 3 N–H and O–H groups in total. The molecule has 4 heteroatoms. The van der Waals surface area contributed by atoms with Gasteiger partial charge < -0.3 is 15.3 Å². The Morgan fingerprint density at radius 3 is 2.40 bits per heavy atom. The molecule has 0 saturated heterocycles. The van der Waals surface area contributed by atoms with Gasteiger partial charge in [-0.25, -0.2) is 4.98 Å². The Morgan fingerprint density at radius 1 is 1.40 bits per heavy atom. The van der Waals surface area contributed by atoms with E-state index in [1.54, 1.807) is 6.92 Å². The first-order chi connectivity index (χ1) is 6.91. The molecule has 2 unspecified atom stereocenters. The highest BCUT2D eigenvalue weighted by Gasteiger charge is 2.23. The quantitative estimate of drug-likeness (QED) is 0.796. The van der Waals surface area contributed by atoms with Crippen LogP contribution in [0.15, 0.2) is 4.42 Å². The topological polar surface area (TPSA) is 72.3 Å². The Labute approximate surface area is 90.5 Å². The maximum atomic E-state index is 9.97. The van der Waals surface area contributed by atoms with Crippen LogP contribution in [-0.2, 0) is 0 Å². The molecule has 2 atom stereocenters. The van der Waals surface area contributed by atoms with Crippen molar-refractivity contribution in [1.82, 2.24) is 4.98 Å². The number of nitrogens with zero attached hydrogens (tertiary/aromatic N) is 1. The number of aliphatic hydroxyl groups excluding tert-OH is 1. The number of aliphatic hydroxyl groups is 1. The van der Waals surface area contributed by atoms with Crippen LogP contribution in [-0.4, -0.2) is 16.1 Å². The molecule has 4 nitrogen and oxygen atoms in total.